The van der Waals surface area contributed by atoms with Crippen LogP contribution in [-0.2, 0) is 11.2 Å². The number of rotatable bonds is 3. The van der Waals surface area contributed by atoms with Crippen molar-refractivity contribution < 1.29 is 9.90 Å². The van der Waals surface area contributed by atoms with Gasteiger partial charge >= 0.3 is 0 Å². The highest BCUT2D eigenvalue weighted by Gasteiger charge is 2.50. The molecule has 2 N–H and O–H groups in total. The molecule has 0 unspecified atom stereocenters. The van der Waals surface area contributed by atoms with Gasteiger partial charge in [0.05, 0.1) is 11.5 Å². The lowest BCUT2D eigenvalue weighted by atomic mass is 9.71. The molecule has 6 heteroatoms. The van der Waals surface area contributed by atoms with Crippen molar-refractivity contribution >= 4 is 11.7 Å². The van der Waals surface area contributed by atoms with E-state index in [0.29, 0.717) is 19.5 Å². The van der Waals surface area contributed by atoms with Crippen LogP contribution >= 0.6 is 0 Å². The smallest absolute Gasteiger partial charge is 0.230 e. The monoisotopic (exact) mass is 318 g/mol. The molecule has 2 atom stereocenters. The van der Waals surface area contributed by atoms with Gasteiger partial charge in [-0.15, -0.1) is 0 Å². The second-order valence-electron chi connectivity index (χ2n) is 6.78. The number of carbonyl (C=O) groups excluding carboxylic acids is 1. The zero-order valence-electron chi connectivity index (χ0n) is 14.0. The number of aliphatic hydroxyl groups is 1. The van der Waals surface area contributed by atoms with Crippen LogP contribution in [0, 0.1) is 12.3 Å². The van der Waals surface area contributed by atoms with Crippen LogP contribution < -0.4 is 10.2 Å². The fourth-order valence-electron chi connectivity index (χ4n) is 3.75. The fourth-order valence-corrected chi connectivity index (χ4v) is 3.75. The molecular weight excluding hydrogens is 292 g/mol. The van der Waals surface area contributed by atoms with Crippen molar-refractivity contribution in [3.8, 4) is 0 Å². The van der Waals surface area contributed by atoms with Crippen LogP contribution in [0.4, 0.5) is 5.82 Å². The van der Waals surface area contributed by atoms with E-state index in [-0.39, 0.29) is 5.91 Å². The van der Waals surface area contributed by atoms with E-state index in [1.54, 1.807) is 0 Å². The minimum atomic E-state index is -0.694. The third-order valence-corrected chi connectivity index (χ3v) is 5.01. The highest BCUT2D eigenvalue weighted by atomic mass is 16.3. The van der Waals surface area contributed by atoms with Gasteiger partial charge in [-0.3, -0.25) is 4.79 Å². The predicted octanol–water partition coefficient (Wildman–Crippen LogP) is 1.20. The number of aliphatic hydroxyl groups excluding tert-OH is 1. The first-order valence-corrected chi connectivity index (χ1v) is 8.61. The number of hydrogen-bond acceptors (Lipinski definition) is 5. The van der Waals surface area contributed by atoms with Gasteiger partial charge in [0.15, 0.2) is 0 Å². The first kappa shape index (κ1) is 16.2. The van der Waals surface area contributed by atoms with Gasteiger partial charge in [0.25, 0.3) is 0 Å². The van der Waals surface area contributed by atoms with Crippen molar-refractivity contribution in [2.45, 2.75) is 52.1 Å². The number of anilines is 1. The number of nitrogens with zero attached hydrogens (tertiary/aromatic N) is 3. The summed E-state index contributed by atoms with van der Waals surface area (Å²) in [5.74, 6) is 1.72. The number of carbonyl (C=O) groups is 1. The summed E-state index contributed by atoms with van der Waals surface area (Å²) in [4.78, 5) is 23.8. The summed E-state index contributed by atoms with van der Waals surface area (Å²) in [5.41, 5.74) is 0.256. The van der Waals surface area contributed by atoms with E-state index in [9.17, 15) is 9.90 Å². The van der Waals surface area contributed by atoms with Crippen LogP contribution in [0.25, 0.3) is 0 Å². The maximum absolute atomic E-state index is 12.5. The minimum Gasteiger partial charge on any atom is -0.392 e. The molecule has 0 radical (unpaired) electrons. The Kier molecular flexibility index (Phi) is 4.53. The van der Waals surface area contributed by atoms with Crippen molar-refractivity contribution in [1.29, 1.82) is 0 Å². The van der Waals surface area contributed by atoms with Crippen LogP contribution in [0.3, 0.4) is 0 Å². The van der Waals surface area contributed by atoms with Gasteiger partial charge in [-0.25, -0.2) is 9.97 Å². The van der Waals surface area contributed by atoms with E-state index < -0.39 is 11.5 Å². The van der Waals surface area contributed by atoms with Gasteiger partial charge in [0.1, 0.15) is 11.6 Å². The van der Waals surface area contributed by atoms with E-state index >= 15 is 0 Å². The van der Waals surface area contributed by atoms with Gasteiger partial charge in [-0.05, 0) is 32.6 Å². The molecule has 0 saturated carbocycles. The third kappa shape index (κ3) is 3.04. The number of nitrogens with one attached hydrogen (secondary N) is 1. The van der Waals surface area contributed by atoms with Gasteiger partial charge in [-0.2, -0.15) is 0 Å². The van der Waals surface area contributed by atoms with Crippen molar-refractivity contribution in [3.05, 3.63) is 17.6 Å². The number of piperidine rings is 2. The standard InChI is InChI=1S/C17H26N4O2/c1-3-5-14-19-12(2)10-15(20-14)21-9-6-13(22)17(11-21)7-4-8-18-16(17)23/h10,13,22H,3-9,11H2,1-2H3,(H,18,23)/t13-,17-/m1/s1. The average molecular weight is 318 g/mol. The number of aryl methyl sites for hydroxylation is 2. The normalized spacial score (nSPS) is 28.0. The Morgan fingerprint density at radius 2 is 2.30 bits per heavy atom. The van der Waals surface area contributed by atoms with Crippen LogP contribution in [0.2, 0.25) is 0 Å². The topological polar surface area (TPSA) is 78.4 Å². The summed E-state index contributed by atoms with van der Waals surface area (Å²) in [6, 6.07) is 1.98. The van der Waals surface area contributed by atoms with Gasteiger partial charge in [-0.1, -0.05) is 6.92 Å². The van der Waals surface area contributed by atoms with Crippen molar-refractivity contribution in [2.24, 2.45) is 5.41 Å². The first-order chi connectivity index (χ1) is 11.0. The molecule has 1 aromatic rings. The molecule has 3 rings (SSSR count). The molecule has 3 heterocycles. The van der Waals surface area contributed by atoms with E-state index in [1.165, 1.54) is 0 Å². The zero-order valence-corrected chi connectivity index (χ0v) is 14.0. The highest BCUT2D eigenvalue weighted by Crippen LogP contribution is 2.38. The lowest BCUT2D eigenvalue weighted by Crippen LogP contribution is -2.61. The molecule has 6 nitrogen and oxygen atoms in total. The molecular formula is C17H26N4O2. The Hall–Kier alpha value is -1.69. The fraction of sp³-hybridized carbons (Fsp3) is 0.706. The second-order valence-corrected chi connectivity index (χ2v) is 6.78. The van der Waals surface area contributed by atoms with Crippen molar-refractivity contribution in [2.75, 3.05) is 24.5 Å². The molecule has 2 aliphatic rings. The van der Waals surface area contributed by atoms with E-state index in [2.05, 4.69) is 27.1 Å². The summed E-state index contributed by atoms with van der Waals surface area (Å²) < 4.78 is 0. The second kappa shape index (κ2) is 6.43. The molecule has 126 valence electrons. The Morgan fingerprint density at radius 1 is 1.48 bits per heavy atom. The van der Waals surface area contributed by atoms with E-state index in [1.807, 2.05) is 13.0 Å². The van der Waals surface area contributed by atoms with Crippen LogP contribution in [-0.4, -0.2) is 46.7 Å². The Labute approximate surface area is 137 Å². The number of hydrogen-bond donors (Lipinski definition) is 2. The van der Waals surface area contributed by atoms with E-state index in [0.717, 1.165) is 49.6 Å². The summed E-state index contributed by atoms with van der Waals surface area (Å²) in [6.07, 6.45) is 3.55. The summed E-state index contributed by atoms with van der Waals surface area (Å²) in [7, 11) is 0. The minimum absolute atomic E-state index is 0.0134. The predicted molar refractivity (Wildman–Crippen MR) is 88.3 cm³/mol. The number of aromatic nitrogens is 2. The quantitative estimate of drug-likeness (QED) is 0.876. The lowest BCUT2D eigenvalue weighted by molar-refractivity contribution is -0.142. The molecule has 0 aliphatic carbocycles. The summed E-state index contributed by atoms with van der Waals surface area (Å²) in [5, 5.41) is 13.4. The maximum atomic E-state index is 12.5. The van der Waals surface area contributed by atoms with Crippen LogP contribution in [0.1, 0.15) is 44.1 Å². The Balaban J connectivity index is 1.88. The molecule has 23 heavy (non-hydrogen) atoms. The van der Waals surface area contributed by atoms with Gasteiger partial charge in [0.2, 0.25) is 5.91 Å². The summed E-state index contributed by atoms with van der Waals surface area (Å²) >= 11 is 0. The largest absolute Gasteiger partial charge is 0.392 e. The number of amides is 1. The molecule has 0 aromatic carbocycles. The zero-order chi connectivity index (χ0) is 16.4. The molecule has 1 aromatic heterocycles. The van der Waals surface area contributed by atoms with Crippen LogP contribution in [0.15, 0.2) is 6.07 Å². The molecule has 1 spiro atoms. The molecule has 2 aliphatic heterocycles. The molecule has 2 saturated heterocycles. The third-order valence-electron chi connectivity index (χ3n) is 5.01. The summed E-state index contributed by atoms with van der Waals surface area (Å²) in [6.45, 7) is 6.05. The lowest BCUT2D eigenvalue weighted by Gasteiger charge is -2.47. The highest BCUT2D eigenvalue weighted by molar-refractivity contribution is 5.85. The molecule has 0 bridgehead atoms. The Bertz CT molecular complexity index is 592. The Morgan fingerprint density at radius 3 is 3.04 bits per heavy atom. The van der Waals surface area contributed by atoms with E-state index in [4.69, 9.17) is 0 Å². The molecule has 2 fully saturated rings. The van der Waals surface area contributed by atoms with Crippen LogP contribution in [0.5, 0.6) is 0 Å². The van der Waals surface area contributed by atoms with Crippen molar-refractivity contribution in [3.63, 3.8) is 0 Å². The van der Waals surface area contributed by atoms with Crippen molar-refractivity contribution in [1.82, 2.24) is 15.3 Å². The van der Waals surface area contributed by atoms with Gasteiger partial charge < -0.3 is 15.3 Å². The average Bonchev–Trinajstić information content (AvgIpc) is 2.52. The van der Waals surface area contributed by atoms with Gasteiger partial charge in [0, 0.05) is 37.8 Å². The first-order valence-electron chi connectivity index (χ1n) is 8.61. The SMILES string of the molecule is CCCc1nc(C)cc(N2CC[C@@H](O)[C@@]3(CCCNC3=O)C2)n1. The molecule has 1 amide bonds. The maximum Gasteiger partial charge on any atom is 0.230 e.